The van der Waals surface area contributed by atoms with E-state index in [0.717, 1.165) is 12.0 Å². The SMILES string of the molecule is O=C(c1ccc(Cl)cc1)C1CCOC1. The fourth-order valence-electron chi connectivity index (χ4n) is 1.59. The van der Waals surface area contributed by atoms with Crippen LogP contribution >= 0.6 is 11.6 Å². The van der Waals surface area contributed by atoms with Gasteiger partial charge in [0.2, 0.25) is 0 Å². The van der Waals surface area contributed by atoms with E-state index in [9.17, 15) is 4.79 Å². The third-order valence-corrected chi connectivity index (χ3v) is 2.68. The molecule has 1 aromatic carbocycles. The van der Waals surface area contributed by atoms with Crippen molar-refractivity contribution in [1.29, 1.82) is 0 Å². The van der Waals surface area contributed by atoms with Gasteiger partial charge in [0.25, 0.3) is 0 Å². The molecule has 0 spiro atoms. The van der Waals surface area contributed by atoms with Crippen LogP contribution in [0.25, 0.3) is 0 Å². The summed E-state index contributed by atoms with van der Waals surface area (Å²) in [5.41, 5.74) is 0.727. The quantitative estimate of drug-likeness (QED) is 0.702. The smallest absolute Gasteiger partial charge is 0.168 e. The van der Waals surface area contributed by atoms with E-state index in [4.69, 9.17) is 16.3 Å². The van der Waals surface area contributed by atoms with Crippen molar-refractivity contribution in [2.24, 2.45) is 5.92 Å². The molecule has 74 valence electrons. The first-order chi connectivity index (χ1) is 6.77. The second kappa shape index (κ2) is 4.11. The molecule has 0 N–H and O–H groups in total. The third-order valence-electron chi connectivity index (χ3n) is 2.43. The lowest BCUT2D eigenvalue weighted by atomic mass is 9.97. The molecule has 1 fully saturated rings. The first-order valence-corrected chi connectivity index (χ1v) is 5.02. The molecule has 1 aliphatic rings. The van der Waals surface area contributed by atoms with E-state index in [1.165, 1.54) is 0 Å². The van der Waals surface area contributed by atoms with Crippen molar-refractivity contribution in [3.63, 3.8) is 0 Å². The van der Waals surface area contributed by atoms with Gasteiger partial charge in [0.15, 0.2) is 5.78 Å². The minimum atomic E-state index is 0.0381. The summed E-state index contributed by atoms with van der Waals surface area (Å²) in [6.07, 6.45) is 0.835. The number of Topliss-reactive ketones (excluding diaryl/α,β-unsaturated/α-hetero) is 1. The minimum absolute atomic E-state index is 0.0381. The first kappa shape index (κ1) is 9.69. The van der Waals surface area contributed by atoms with Gasteiger partial charge < -0.3 is 4.74 Å². The number of hydrogen-bond donors (Lipinski definition) is 0. The number of benzene rings is 1. The van der Waals surface area contributed by atoms with Gasteiger partial charge in [-0.1, -0.05) is 11.6 Å². The van der Waals surface area contributed by atoms with Gasteiger partial charge in [-0.2, -0.15) is 0 Å². The monoisotopic (exact) mass is 210 g/mol. The van der Waals surface area contributed by atoms with E-state index < -0.39 is 0 Å². The highest BCUT2D eigenvalue weighted by Crippen LogP contribution is 2.19. The number of halogens is 1. The van der Waals surface area contributed by atoms with Gasteiger partial charge in [0.1, 0.15) is 0 Å². The standard InChI is InChI=1S/C11H11ClO2/c12-10-3-1-8(2-4-10)11(13)9-5-6-14-7-9/h1-4,9H,5-7H2. The van der Waals surface area contributed by atoms with Gasteiger partial charge in [0.05, 0.1) is 6.61 Å². The van der Waals surface area contributed by atoms with Gasteiger partial charge in [0, 0.05) is 23.1 Å². The predicted octanol–water partition coefficient (Wildman–Crippen LogP) is 2.56. The normalized spacial score (nSPS) is 21.1. The van der Waals surface area contributed by atoms with Crippen LogP contribution in [0.2, 0.25) is 5.02 Å². The molecule has 2 rings (SSSR count). The van der Waals surface area contributed by atoms with Crippen molar-refractivity contribution in [2.45, 2.75) is 6.42 Å². The van der Waals surface area contributed by atoms with Crippen molar-refractivity contribution < 1.29 is 9.53 Å². The summed E-state index contributed by atoms with van der Waals surface area (Å²) >= 11 is 5.74. The number of ether oxygens (including phenoxy) is 1. The van der Waals surface area contributed by atoms with E-state index >= 15 is 0 Å². The van der Waals surface area contributed by atoms with Gasteiger partial charge >= 0.3 is 0 Å². The van der Waals surface area contributed by atoms with Crippen LogP contribution in [0.15, 0.2) is 24.3 Å². The molecule has 0 bridgehead atoms. The zero-order chi connectivity index (χ0) is 9.97. The Labute approximate surface area is 87.8 Å². The molecule has 3 heteroatoms. The average Bonchev–Trinajstić information content (AvgIpc) is 2.71. The van der Waals surface area contributed by atoms with Crippen LogP contribution in [-0.2, 0) is 4.74 Å². The average molecular weight is 211 g/mol. The molecule has 0 amide bonds. The Balaban J connectivity index is 2.14. The number of carbonyl (C=O) groups excluding carboxylic acids is 1. The van der Waals surface area contributed by atoms with Crippen LogP contribution < -0.4 is 0 Å². The van der Waals surface area contributed by atoms with Crippen LogP contribution in [0, 0.1) is 5.92 Å². The van der Waals surface area contributed by atoms with Gasteiger partial charge in [-0.25, -0.2) is 0 Å². The maximum Gasteiger partial charge on any atom is 0.168 e. The number of ketones is 1. The van der Waals surface area contributed by atoms with Crippen LogP contribution in [0.4, 0.5) is 0 Å². The molecule has 0 aromatic heterocycles. The molecule has 1 aliphatic heterocycles. The Hall–Kier alpha value is -0.860. The minimum Gasteiger partial charge on any atom is -0.381 e. The maximum absolute atomic E-state index is 11.8. The Bertz CT molecular complexity index is 326. The summed E-state index contributed by atoms with van der Waals surface area (Å²) in [6, 6.07) is 7.02. The highest BCUT2D eigenvalue weighted by Gasteiger charge is 2.24. The second-order valence-corrected chi connectivity index (χ2v) is 3.87. The van der Waals surface area contributed by atoms with Crippen LogP contribution in [0.5, 0.6) is 0 Å². The lowest BCUT2D eigenvalue weighted by Crippen LogP contribution is -2.14. The molecular weight excluding hydrogens is 200 g/mol. The van der Waals surface area contributed by atoms with Crippen LogP contribution in [0.3, 0.4) is 0 Å². The number of rotatable bonds is 2. The number of hydrogen-bond acceptors (Lipinski definition) is 2. The highest BCUT2D eigenvalue weighted by atomic mass is 35.5. The van der Waals surface area contributed by atoms with Crippen molar-refractivity contribution in [1.82, 2.24) is 0 Å². The molecule has 1 aromatic rings. The molecule has 0 radical (unpaired) electrons. The molecule has 1 unspecified atom stereocenters. The molecule has 0 saturated carbocycles. The molecule has 14 heavy (non-hydrogen) atoms. The van der Waals surface area contributed by atoms with Gasteiger partial charge in [-0.15, -0.1) is 0 Å². The largest absolute Gasteiger partial charge is 0.381 e. The fraction of sp³-hybridized carbons (Fsp3) is 0.364. The molecule has 1 atom stereocenters. The summed E-state index contributed by atoms with van der Waals surface area (Å²) < 4.78 is 5.18. The van der Waals surface area contributed by atoms with E-state index in [-0.39, 0.29) is 11.7 Å². The van der Waals surface area contributed by atoms with E-state index in [0.29, 0.717) is 18.2 Å². The summed E-state index contributed by atoms with van der Waals surface area (Å²) in [7, 11) is 0. The van der Waals surface area contributed by atoms with E-state index in [2.05, 4.69) is 0 Å². The first-order valence-electron chi connectivity index (χ1n) is 4.65. The Kier molecular flexibility index (Phi) is 2.85. The zero-order valence-corrected chi connectivity index (χ0v) is 8.46. The van der Waals surface area contributed by atoms with Crippen LogP contribution in [0.1, 0.15) is 16.8 Å². The fourth-order valence-corrected chi connectivity index (χ4v) is 1.72. The summed E-state index contributed by atoms with van der Waals surface area (Å²) in [5, 5.41) is 0.657. The van der Waals surface area contributed by atoms with E-state index in [1.807, 2.05) is 0 Å². The lowest BCUT2D eigenvalue weighted by molar-refractivity contribution is 0.0900. The Morgan fingerprint density at radius 1 is 1.36 bits per heavy atom. The summed E-state index contributed by atoms with van der Waals surface area (Å²) in [4.78, 5) is 11.8. The van der Waals surface area contributed by atoms with Crippen molar-refractivity contribution in [3.05, 3.63) is 34.9 Å². The van der Waals surface area contributed by atoms with Crippen molar-refractivity contribution >= 4 is 17.4 Å². The number of carbonyl (C=O) groups is 1. The summed E-state index contributed by atoms with van der Waals surface area (Å²) in [5.74, 6) is 0.204. The third kappa shape index (κ3) is 1.97. The van der Waals surface area contributed by atoms with Crippen molar-refractivity contribution in [2.75, 3.05) is 13.2 Å². The van der Waals surface area contributed by atoms with Crippen molar-refractivity contribution in [3.8, 4) is 0 Å². The zero-order valence-electron chi connectivity index (χ0n) is 7.70. The molecule has 1 saturated heterocycles. The predicted molar refractivity (Wildman–Crippen MR) is 54.7 cm³/mol. The second-order valence-electron chi connectivity index (χ2n) is 3.43. The lowest BCUT2D eigenvalue weighted by Gasteiger charge is -2.05. The van der Waals surface area contributed by atoms with E-state index in [1.54, 1.807) is 24.3 Å². The molecule has 2 nitrogen and oxygen atoms in total. The summed E-state index contributed by atoms with van der Waals surface area (Å²) in [6.45, 7) is 1.26. The van der Waals surface area contributed by atoms with Gasteiger partial charge in [-0.05, 0) is 30.7 Å². The Morgan fingerprint density at radius 3 is 2.64 bits per heavy atom. The molecule has 1 heterocycles. The van der Waals surface area contributed by atoms with Crippen LogP contribution in [-0.4, -0.2) is 19.0 Å². The molecular formula is C11H11ClO2. The molecule has 0 aliphatic carbocycles. The van der Waals surface area contributed by atoms with Gasteiger partial charge in [-0.3, -0.25) is 4.79 Å². The highest BCUT2D eigenvalue weighted by molar-refractivity contribution is 6.30. The topological polar surface area (TPSA) is 26.3 Å². The Morgan fingerprint density at radius 2 is 2.07 bits per heavy atom. The maximum atomic E-state index is 11.8.